The molecule has 0 atom stereocenters. The van der Waals surface area contributed by atoms with E-state index in [1.165, 1.54) is 18.9 Å². The number of nitrogen functional groups attached to an aromatic ring is 1. The van der Waals surface area contributed by atoms with Gasteiger partial charge in [-0.1, -0.05) is 6.07 Å². The summed E-state index contributed by atoms with van der Waals surface area (Å²) in [5, 5.41) is 0. The third-order valence-corrected chi connectivity index (χ3v) is 2.39. The van der Waals surface area contributed by atoms with Gasteiger partial charge in [-0.3, -0.25) is 0 Å². The molecule has 1 aromatic carbocycles. The Labute approximate surface area is 82.9 Å². The van der Waals surface area contributed by atoms with Crippen LogP contribution in [0.25, 0.3) is 0 Å². The Morgan fingerprint density at radius 2 is 2.21 bits per heavy atom. The molecule has 1 aliphatic rings. The average Bonchev–Trinajstić information content (AvgIpc) is 2.92. The molecule has 1 fully saturated rings. The summed E-state index contributed by atoms with van der Waals surface area (Å²) in [4.78, 5) is 0. The van der Waals surface area contributed by atoms with Crippen LogP contribution in [0.2, 0.25) is 0 Å². The molecule has 2 nitrogen and oxygen atoms in total. The van der Waals surface area contributed by atoms with Crippen LogP contribution in [0.3, 0.4) is 0 Å². The summed E-state index contributed by atoms with van der Waals surface area (Å²) in [5.41, 5.74) is 6.47. The highest BCUT2D eigenvalue weighted by Crippen LogP contribution is 2.29. The van der Waals surface area contributed by atoms with E-state index in [0.717, 1.165) is 6.61 Å². The van der Waals surface area contributed by atoms with Gasteiger partial charge in [0, 0.05) is 17.9 Å². The second kappa shape index (κ2) is 3.96. The summed E-state index contributed by atoms with van der Waals surface area (Å²) in [6.07, 6.45) is 2.51. The first-order chi connectivity index (χ1) is 6.75. The minimum atomic E-state index is -0.277. The van der Waals surface area contributed by atoms with E-state index >= 15 is 0 Å². The number of halogens is 1. The van der Waals surface area contributed by atoms with Gasteiger partial charge in [0.1, 0.15) is 5.82 Å². The van der Waals surface area contributed by atoms with Crippen LogP contribution in [0.15, 0.2) is 18.2 Å². The van der Waals surface area contributed by atoms with Crippen molar-refractivity contribution in [1.29, 1.82) is 0 Å². The summed E-state index contributed by atoms with van der Waals surface area (Å²) in [6.45, 7) is 1.10. The van der Waals surface area contributed by atoms with Crippen LogP contribution in [0.5, 0.6) is 0 Å². The second-order valence-electron chi connectivity index (χ2n) is 3.81. The number of hydrogen-bond acceptors (Lipinski definition) is 2. The van der Waals surface area contributed by atoms with E-state index in [0.29, 0.717) is 23.8 Å². The zero-order chi connectivity index (χ0) is 9.97. The molecule has 0 aliphatic heterocycles. The van der Waals surface area contributed by atoms with Crippen molar-refractivity contribution >= 4 is 5.69 Å². The average molecular weight is 195 g/mol. The van der Waals surface area contributed by atoms with E-state index in [1.807, 2.05) is 0 Å². The van der Waals surface area contributed by atoms with Crippen molar-refractivity contribution in [1.82, 2.24) is 0 Å². The first-order valence-electron chi connectivity index (χ1n) is 4.87. The van der Waals surface area contributed by atoms with Gasteiger partial charge in [-0.25, -0.2) is 4.39 Å². The highest BCUT2D eigenvalue weighted by Gasteiger charge is 2.21. The van der Waals surface area contributed by atoms with Gasteiger partial charge in [-0.2, -0.15) is 0 Å². The van der Waals surface area contributed by atoms with Crippen molar-refractivity contribution in [2.24, 2.45) is 5.92 Å². The summed E-state index contributed by atoms with van der Waals surface area (Å²) >= 11 is 0. The van der Waals surface area contributed by atoms with Crippen LogP contribution in [-0.2, 0) is 11.3 Å². The van der Waals surface area contributed by atoms with Crippen LogP contribution in [0.4, 0.5) is 10.1 Å². The molecular formula is C11H14FNO. The maximum Gasteiger partial charge on any atom is 0.130 e. The van der Waals surface area contributed by atoms with Crippen molar-refractivity contribution in [3.05, 3.63) is 29.6 Å². The quantitative estimate of drug-likeness (QED) is 0.748. The molecule has 76 valence electrons. The van der Waals surface area contributed by atoms with Crippen LogP contribution < -0.4 is 5.73 Å². The Hall–Kier alpha value is -1.09. The van der Waals surface area contributed by atoms with Crippen molar-refractivity contribution in [3.63, 3.8) is 0 Å². The standard InChI is InChI=1S/C11H14FNO/c12-11-5-10(13)4-3-9(11)7-14-6-8-1-2-8/h3-5,8H,1-2,6-7,13H2. The zero-order valence-corrected chi connectivity index (χ0v) is 8.00. The third-order valence-electron chi connectivity index (χ3n) is 2.39. The molecule has 0 unspecified atom stereocenters. The zero-order valence-electron chi connectivity index (χ0n) is 8.00. The maximum atomic E-state index is 13.2. The number of hydrogen-bond donors (Lipinski definition) is 1. The highest BCUT2D eigenvalue weighted by molar-refractivity contribution is 5.40. The van der Waals surface area contributed by atoms with Crippen molar-refractivity contribution < 1.29 is 9.13 Å². The highest BCUT2D eigenvalue weighted by atomic mass is 19.1. The minimum Gasteiger partial charge on any atom is -0.399 e. The Kier molecular flexibility index (Phi) is 2.68. The van der Waals surface area contributed by atoms with E-state index in [4.69, 9.17) is 10.5 Å². The van der Waals surface area contributed by atoms with Crippen LogP contribution in [-0.4, -0.2) is 6.61 Å². The molecule has 2 rings (SSSR count). The molecule has 1 aliphatic carbocycles. The number of benzene rings is 1. The number of anilines is 1. The number of ether oxygens (including phenoxy) is 1. The van der Waals surface area contributed by atoms with E-state index in [9.17, 15) is 4.39 Å². The fourth-order valence-corrected chi connectivity index (χ4v) is 1.30. The maximum absolute atomic E-state index is 13.2. The van der Waals surface area contributed by atoms with Gasteiger partial charge < -0.3 is 10.5 Å². The fraction of sp³-hybridized carbons (Fsp3) is 0.455. The van der Waals surface area contributed by atoms with E-state index in [-0.39, 0.29) is 5.82 Å². The monoisotopic (exact) mass is 195 g/mol. The van der Waals surface area contributed by atoms with Gasteiger partial charge in [-0.15, -0.1) is 0 Å². The van der Waals surface area contributed by atoms with Gasteiger partial charge in [0.25, 0.3) is 0 Å². The summed E-state index contributed by atoms with van der Waals surface area (Å²) in [6, 6.07) is 4.70. The van der Waals surface area contributed by atoms with Crippen LogP contribution >= 0.6 is 0 Å². The molecule has 0 spiro atoms. The Morgan fingerprint density at radius 1 is 1.43 bits per heavy atom. The van der Waals surface area contributed by atoms with E-state index < -0.39 is 0 Å². The molecule has 0 radical (unpaired) electrons. The molecule has 0 saturated heterocycles. The predicted molar refractivity (Wildman–Crippen MR) is 53.2 cm³/mol. The lowest BCUT2D eigenvalue weighted by Gasteiger charge is -2.05. The molecule has 0 aromatic heterocycles. The molecular weight excluding hydrogens is 181 g/mol. The Balaban J connectivity index is 1.87. The molecule has 2 N–H and O–H groups in total. The first kappa shape index (κ1) is 9.46. The lowest BCUT2D eigenvalue weighted by Crippen LogP contribution is -1.99. The minimum absolute atomic E-state index is 0.277. The van der Waals surface area contributed by atoms with Crippen molar-refractivity contribution in [3.8, 4) is 0 Å². The van der Waals surface area contributed by atoms with Crippen LogP contribution in [0, 0.1) is 11.7 Å². The van der Waals surface area contributed by atoms with Gasteiger partial charge in [-0.05, 0) is 30.9 Å². The number of nitrogens with two attached hydrogens (primary N) is 1. The lowest BCUT2D eigenvalue weighted by atomic mass is 10.2. The normalized spacial score (nSPS) is 15.8. The van der Waals surface area contributed by atoms with E-state index in [2.05, 4.69) is 0 Å². The van der Waals surface area contributed by atoms with Gasteiger partial charge in [0.15, 0.2) is 0 Å². The van der Waals surface area contributed by atoms with Gasteiger partial charge >= 0.3 is 0 Å². The molecule has 1 saturated carbocycles. The summed E-state index contributed by atoms with van der Waals surface area (Å²) in [5.74, 6) is 0.438. The largest absolute Gasteiger partial charge is 0.399 e. The third kappa shape index (κ3) is 2.45. The summed E-state index contributed by atoms with van der Waals surface area (Å²) < 4.78 is 18.6. The molecule has 14 heavy (non-hydrogen) atoms. The molecule has 1 aromatic rings. The lowest BCUT2D eigenvalue weighted by molar-refractivity contribution is 0.109. The predicted octanol–water partition coefficient (Wildman–Crippen LogP) is 2.33. The number of rotatable bonds is 4. The summed E-state index contributed by atoms with van der Waals surface area (Å²) in [7, 11) is 0. The SMILES string of the molecule is Nc1ccc(COCC2CC2)c(F)c1. The second-order valence-corrected chi connectivity index (χ2v) is 3.81. The molecule has 0 heterocycles. The molecule has 3 heteroatoms. The first-order valence-corrected chi connectivity index (χ1v) is 4.87. The molecule has 0 bridgehead atoms. The van der Waals surface area contributed by atoms with Gasteiger partial charge in [0.05, 0.1) is 6.61 Å². The molecule has 0 amide bonds. The Bertz CT molecular complexity index is 323. The Morgan fingerprint density at radius 3 is 2.86 bits per heavy atom. The van der Waals surface area contributed by atoms with E-state index in [1.54, 1.807) is 12.1 Å². The van der Waals surface area contributed by atoms with Crippen molar-refractivity contribution in [2.45, 2.75) is 19.4 Å². The topological polar surface area (TPSA) is 35.2 Å². The van der Waals surface area contributed by atoms with Crippen LogP contribution in [0.1, 0.15) is 18.4 Å². The fourth-order valence-electron chi connectivity index (χ4n) is 1.30. The van der Waals surface area contributed by atoms with Gasteiger partial charge in [0.2, 0.25) is 0 Å². The van der Waals surface area contributed by atoms with Crippen molar-refractivity contribution in [2.75, 3.05) is 12.3 Å². The smallest absolute Gasteiger partial charge is 0.130 e.